The molecule has 0 spiro atoms. The Morgan fingerprint density at radius 3 is 2.36 bits per heavy atom. The molecule has 124 valence electrons. The van der Waals surface area contributed by atoms with Gasteiger partial charge in [0.1, 0.15) is 6.54 Å². The van der Waals surface area contributed by atoms with E-state index in [4.69, 9.17) is 0 Å². The van der Waals surface area contributed by atoms with Crippen molar-refractivity contribution in [2.45, 2.75) is 32.4 Å². The maximum Gasteiger partial charge on any atom is 0.402 e. The molecule has 0 aromatic heterocycles. The third kappa shape index (κ3) is 4.44. The molecule has 1 N–H and O–H groups in total. The predicted octanol–water partition coefficient (Wildman–Crippen LogP) is 2.49. The highest BCUT2D eigenvalue weighted by molar-refractivity contribution is 7.87. The van der Waals surface area contributed by atoms with Gasteiger partial charge in [0.15, 0.2) is 0 Å². The molecule has 22 heavy (non-hydrogen) atoms. The van der Waals surface area contributed by atoms with Crippen LogP contribution in [0.1, 0.15) is 29.0 Å². The van der Waals surface area contributed by atoms with Gasteiger partial charge in [-0.1, -0.05) is 29.3 Å². The van der Waals surface area contributed by atoms with Gasteiger partial charge in [0.25, 0.3) is 10.2 Å². The van der Waals surface area contributed by atoms with Gasteiger partial charge in [-0.25, -0.2) is 0 Å². The largest absolute Gasteiger partial charge is 0.402 e. The van der Waals surface area contributed by atoms with Gasteiger partial charge in [-0.05, 0) is 31.7 Å². The van der Waals surface area contributed by atoms with Crippen LogP contribution in [0.3, 0.4) is 0 Å². The number of hydrogen-bond donors (Lipinski definition) is 1. The minimum atomic E-state index is -4.56. The summed E-state index contributed by atoms with van der Waals surface area (Å²) in [6.07, 6.45) is -3.95. The molecule has 2 rings (SSSR count). The topological polar surface area (TPSA) is 49.4 Å². The second-order valence-corrected chi connectivity index (χ2v) is 7.46. The second kappa shape index (κ2) is 6.17. The van der Waals surface area contributed by atoms with Crippen LogP contribution in [0.2, 0.25) is 0 Å². The van der Waals surface area contributed by atoms with E-state index in [9.17, 15) is 21.6 Å². The lowest BCUT2D eigenvalue weighted by molar-refractivity contribution is -0.121. The number of aryl methyl sites for hydroxylation is 2. The lowest BCUT2D eigenvalue weighted by Crippen LogP contribution is -2.43. The number of hydrogen-bond acceptors (Lipinski definition) is 2. The number of rotatable bonds is 4. The summed E-state index contributed by atoms with van der Waals surface area (Å²) >= 11 is 0. The molecule has 0 saturated carbocycles. The molecule has 1 fully saturated rings. The molecule has 0 radical (unpaired) electrons. The van der Waals surface area contributed by atoms with E-state index >= 15 is 0 Å². The Balaban J connectivity index is 2.06. The summed E-state index contributed by atoms with van der Waals surface area (Å²) < 4.78 is 63.0. The SMILES string of the molecule is Cc1cc(C)cc(C2CCN(S(=O)(=O)NCC(F)(F)F)C2)c1. The zero-order chi connectivity index (χ0) is 16.5. The smallest absolute Gasteiger partial charge is 0.195 e. The molecule has 1 unspecified atom stereocenters. The number of alkyl halides is 3. The molecule has 0 aliphatic carbocycles. The molecule has 8 heteroatoms. The Morgan fingerprint density at radius 1 is 1.23 bits per heavy atom. The summed E-state index contributed by atoms with van der Waals surface area (Å²) in [7, 11) is -4.09. The summed E-state index contributed by atoms with van der Waals surface area (Å²) in [6, 6.07) is 6.02. The molecule has 0 bridgehead atoms. The van der Waals surface area contributed by atoms with Gasteiger partial charge in [0.2, 0.25) is 0 Å². The average Bonchev–Trinajstić information content (AvgIpc) is 2.85. The van der Waals surface area contributed by atoms with Gasteiger partial charge in [0, 0.05) is 13.1 Å². The van der Waals surface area contributed by atoms with Gasteiger partial charge in [-0.2, -0.15) is 30.6 Å². The van der Waals surface area contributed by atoms with Gasteiger partial charge >= 0.3 is 6.18 Å². The van der Waals surface area contributed by atoms with Crippen molar-refractivity contribution in [2.75, 3.05) is 19.6 Å². The zero-order valence-electron chi connectivity index (χ0n) is 12.4. The van der Waals surface area contributed by atoms with Crippen LogP contribution in [0.25, 0.3) is 0 Å². The number of nitrogens with zero attached hydrogens (tertiary/aromatic N) is 1. The molecular weight excluding hydrogens is 317 g/mol. The van der Waals surface area contributed by atoms with Crippen LogP contribution < -0.4 is 4.72 Å². The van der Waals surface area contributed by atoms with E-state index in [1.165, 1.54) is 0 Å². The summed E-state index contributed by atoms with van der Waals surface area (Å²) in [6.45, 7) is 2.82. The van der Waals surface area contributed by atoms with Gasteiger partial charge in [-0.15, -0.1) is 0 Å². The predicted molar refractivity (Wildman–Crippen MR) is 77.8 cm³/mol. The quantitative estimate of drug-likeness (QED) is 0.918. The first kappa shape index (κ1) is 17.2. The maximum atomic E-state index is 12.2. The Bertz CT molecular complexity index is 624. The first-order chi connectivity index (χ1) is 10.1. The maximum absolute atomic E-state index is 12.2. The van der Waals surface area contributed by atoms with Crippen molar-refractivity contribution in [1.82, 2.24) is 9.03 Å². The van der Waals surface area contributed by atoms with Gasteiger partial charge < -0.3 is 0 Å². The summed E-state index contributed by atoms with van der Waals surface area (Å²) in [5, 5.41) is 0. The molecule has 0 amide bonds. The van der Waals surface area contributed by atoms with Crippen LogP contribution in [-0.4, -0.2) is 38.5 Å². The van der Waals surface area contributed by atoms with Crippen molar-refractivity contribution in [3.63, 3.8) is 0 Å². The van der Waals surface area contributed by atoms with E-state index in [1.807, 2.05) is 32.0 Å². The van der Waals surface area contributed by atoms with Crippen molar-refractivity contribution in [3.05, 3.63) is 34.9 Å². The fourth-order valence-corrected chi connectivity index (χ4v) is 3.98. The third-order valence-electron chi connectivity index (χ3n) is 3.66. The molecule has 1 aromatic rings. The summed E-state index contributed by atoms with van der Waals surface area (Å²) in [5.41, 5.74) is 3.21. The van der Waals surface area contributed by atoms with Crippen molar-refractivity contribution in [2.24, 2.45) is 0 Å². The van der Waals surface area contributed by atoms with E-state index in [1.54, 1.807) is 4.72 Å². The molecule has 1 saturated heterocycles. The Labute approximate surface area is 128 Å². The van der Waals surface area contributed by atoms with E-state index in [0.29, 0.717) is 6.42 Å². The van der Waals surface area contributed by atoms with Crippen LogP contribution in [0.15, 0.2) is 18.2 Å². The average molecular weight is 336 g/mol. The normalized spacial score (nSPS) is 20.5. The molecule has 1 atom stereocenters. The third-order valence-corrected chi connectivity index (χ3v) is 5.18. The second-order valence-electron chi connectivity index (χ2n) is 5.71. The van der Waals surface area contributed by atoms with Crippen LogP contribution in [0, 0.1) is 13.8 Å². The Hall–Kier alpha value is -1.12. The van der Waals surface area contributed by atoms with Gasteiger partial charge in [0.05, 0.1) is 0 Å². The highest BCUT2D eigenvalue weighted by atomic mass is 32.2. The van der Waals surface area contributed by atoms with E-state index < -0.39 is 22.9 Å². The van der Waals surface area contributed by atoms with E-state index in [-0.39, 0.29) is 19.0 Å². The van der Waals surface area contributed by atoms with E-state index in [2.05, 4.69) is 0 Å². The van der Waals surface area contributed by atoms with Crippen molar-refractivity contribution in [3.8, 4) is 0 Å². The monoisotopic (exact) mass is 336 g/mol. The zero-order valence-corrected chi connectivity index (χ0v) is 13.3. The molecule has 1 aromatic carbocycles. The highest BCUT2D eigenvalue weighted by Crippen LogP contribution is 2.30. The molecule has 1 heterocycles. The molecule has 1 aliphatic rings. The first-order valence-electron chi connectivity index (χ1n) is 6.96. The molecule has 4 nitrogen and oxygen atoms in total. The lowest BCUT2D eigenvalue weighted by Gasteiger charge is -2.18. The van der Waals surface area contributed by atoms with Crippen molar-refractivity contribution in [1.29, 1.82) is 0 Å². The standard InChI is InChI=1S/C14H19F3N2O2S/c1-10-5-11(2)7-13(6-10)12-3-4-19(8-12)22(20,21)18-9-14(15,16)17/h5-7,12,18H,3-4,8-9H2,1-2H3. The molecular formula is C14H19F3N2O2S. The summed E-state index contributed by atoms with van der Waals surface area (Å²) in [5.74, 6) is 0.0149. The minimum Gasteiger partial charge on any atom is -0.195 e. The van der Waals surface area contributed by atoms with Crippen LogP contribution in [0.5, 0.6) is 0 Å². The number of halogens is 3. The van der Waals surface area contributed by atoms with Gasteiger partial charge in [-0.3, -0.25) is 0 Å². The molecule has 1 aliphatic heterocycles. The van der Waals surface area contributed by atoms with Crippen LogP contribution >= 0.6 is 0 Å². The summed E-state index contributed by atoms with van der Waals surface area (Å²) in [4.78, 5) is 0. The van der Waals surface area contributed by atoms with Crippen LogP contribution in [0.4, 0.5) is 13.2 Å². The number of benzene rings is 1. The Kier molecular flexibility index (Phi) is 4.84. The number of nitrogens with one attached hydrogen (secondary N) is 1. The fraction of sp³-hybridized carbons (Fsp3) is 0.571. The Morgan fingerprint density at radius 2 is 1.82 bits per heavy atom. The van der Waals surface area contributed by atoms with E-state index in [0.717, 1.165) is 21.0 Å². The lowest BCUT2D eigenvalue weighted by atomic mass is 9.95. The van der Waals surface area contributed by atoms with Crippen molar-refractivity contribution >= 4 is 10.2 Å². The highest BCUT2D eigenvalue weighted by Gasteiger charge is 2.35. The van der Waals surface area contributed by atoms with Crippen LogP contribution in [-0.2, 0) is 10.2 Å². The van der Waals surface area contributed by atoms with Crippen molar-refractivity contribution < 1.29 is 21.6 Å². The minimum absolute atomic E-state index is 0.0149. The first-order valence-corrected chi connectivity index (χ1v) is 8.40. The fourth-order valence-electron chi connectivity index (χ4n) is 2.73.